The molecular weight excluding hydrogens is 584 g/mol. The number of carbonyl (C=O) groups excluding carboxylic acids is 1. The second-order valence-electron chi connectivity index (χ2n) is 10.7. The molecule has 2 fully saturated rings. The van der Waals surface area contributed by atoms with Gasteiger partial charge >= 0.3 is 5.97 Å². The van der Waals surface area contributed by atoms with Crippen LogP contribution in [0.5, 0.6) is 17.2 Å². The third kappa shape index (κ3) is 7.85. The first kappa shape index (κ1) is 33.6. The molecular formula is C30H38O14. The summed E-state index contributed by atoms with van der Waals surface area (Å²) in [5, 5.41) is 81.3. The largest absolute Gasteiger partial charge is 0.508 e. The van der Waals surface area contributed by atoms with E-state index in [1.54, 1.807) is 25.1 Å². The molecule has 10 atom stereocenters. The summed E-state index contributed by atoms with van der Waals surface area (Å²) in [5.41, 5.74) is 1.78. The molecule has 2 aliphatic rings. The van der Waals surface area contributed by atoms with Crippen LogP contribution in [-0.4, -0.2) is 121 Å². The number of aryl methyl sites for hydroxylation is 1. The Labute approximate surface area is 252 Å². The van der Waals surface area contributed by atoms with Crippen LogP contribution in [0.4, 0.5) is 0 Å². The minimum absolute atomic E-state index is 0.00359. The molecule has 14 heteroatoms. The Hall–Kier alpha value is -3.31. The second kappa shape index (κ2) is 14.6. The average molecular weight is 623 g/mol. The van der Waals surface area contributed by atoms with Crippen LogP contribution in [0.1, 0.15) is 23.6 Å². The van der Waals surface area contributed by atoms with Gasteiger partial charge in [0.05, 0.1) is 19.3 Å². The number of ether oxygens (including phenoxy) is 5. The summed E-state index contributed by atoms with van der Waals surface area (Å²) in [4.78, 5) is 12.7. The highest BCUT2D eigenvalue weighted by Gasteiger charge is 2.52. The zero-order chi connectivity index (χ0) is 32.1. The number of phenolic OH excluding ortho intramolecular Hbond substituents is 3. The van der Waals surface area contributed by atoms with Crippen LogP contribution in [0.2, 0.25) is 0 Å². The fraction of sp³-hybridized carbons (Fsp3) is 0.500. The Morgan fingerprint density at radius 3 is 2.30 bits per heavy atom. The smallest absolute Gasteiger partial charge is 0.331 e. The number of aliphatic hydroxyl groups is 5. The van der Waals surface area contributed by atoms with Crippen molar-refractivity contribution >= 4 is 12.0 Å². The molecule has 0 radical (unpaired) electrons. The molecule has 2 aromatic carbocycles. The molecule has 2 heterocycles. The Kier molecular flexibility index (Phi) is 11.2. The summed E-state index contributed by atoms with van der Waals surface area (Å²) < 4.78 is 28.4. The van der Waals surface area contributed by atoms with Gasteiger partial charge in [0.2, 0.25) is 0 Å². The summed E-state index contributed by atoms with van der Waals surface area (Å²) in [6.45, 7) is 2.49. The van der Waals surface area contributed by atoms with Crippen LogP contribution in [-0.2, 0) is 34.9 Å². The molecule has 14 nitrogen and oxygen atoms in total. The maximum absolute atomic E-state index is 12.7. The van der Waals surface area contributed by atoms with Crippen molar-refractivity contribution in [2.75, 3.05) is 13.2 Å². The highest BCUT2D eigenvalue weighted by molar-refractivity contribution is 5.87. The van der Waals surface area contributed by atoms with E-state index >= 15 is 0 Å². The first-order chi connectivity index (χ1) is 20.9. The third-order valence-corrected chi connectivity index (χ3v) is 7.51. The lowest BCUT2D eigenvalue weighted by atomic mass is 9.97. The number of aromatic hydroxyl groups is 3. The van der Waals surface area contributed by atoms with Crippen LogP contribution in [0.25, 0.3) is 6.08 Å². The van der Waals surface area contributed by atoms with E-state index < -0.39 is 79.7 Å². The van der Waals surface area contributed by atoms with Crippen LogP contribution in [0.3, 0.4) is 0 Å². The van der Waals surface area contributed by atoms with Gasteiger partial charge in [-0.3, -0.25) is 0 Å². The van der Waals surface area contributed by atoms with Gasteiger partial charge in [-0.25, -0.2) is 4.79 Å². The molecule has 0 bridgehead atoms. The highest BCUT2D eigenvalue weighted by atomic mass is 16.8. The Morgan fingerprint density at radius 1 is 0.864 bits per heavy atom. The number of hydrogen-bond acceptors (Lipinski definition) is 14. The molecule has 242 valence electrons. The molecule has 0 aliphatic carbocycles. The van der Waals surface area contributed by atoms with E-state index in [9.17, 15) is 45.6 Å². The third-order valence-electron chi connectivity index (χ3n) is 7.51. The Balaban J connectivity index is 1.51. The maximum Gasteiger partial charge on any atom is 0.331 e. The van der Waals surface area contributed by atoms with Crippen LogP contribution in [0.15, 0.2) is 42.5 Å². The fourth-order valence-electron chi connectivity index (χ4n) is 4.83. The predicted molar refractivity (Wildman–Crippen MR) is 150 cm³/mol. The highest BCUT2D eigenvalue weighted by Crippen LogP contribution is 2.31. The number of esters is 1. The van der Waals surface area contributed by atoms with Gasteiger partial charge in [0.1, 0.15) is 42.4 Å². The molecule has 0 aromatic heterocycles. The lowest BCUT2D eigenvalue weighted by Crippen LogP contribution is -2.64. The molecule has 0 spiro atoms. The van der Waals surface area contributed by atoms with Crippen molar-refractivity contribution in [1.82, 2.24) is 0 Å². The number of carbonyl (C=O) groups is 1. The molecule has 8 N–H and O–H groups in total. The van der Waals surface area contributed by atoms with E-state index in [0.717, 1.165) is 11.6 Å². The summed E-state index contributed by atoms with van der Waals surface area (Å²) in [6, 6.07) is 8.97. The van der Waals surface area contributed by atoms with E-state index in [1.165, 1.54) is 31.2 Å². The molecule has 2 aliphatic heterocycles. The lowest BCUT2D eigenvalue weighted by Gasteiger charge is -2.46. The van der Waals surface area contributed by atoms with Crippen molar-refractivity contribution in [3.05, 3.63) is 59.2 Å². The zero-order valence-electron chi connectivity index (χ0n) is 24.0. The first-order valence-electron chi connectivity index (χ1n) is 14.0. The Bertz CT molecular complexity index is 1300. The van der Waals surface area contributed by atoms with Crippen LogP contribution < -0.4 is 0 Å². The van der Waals surface area contributed by atoms with E-state index in [1.807, 2.05) is 0 Å². The van der Waals surface area contributed by atoms with Gasteiger partial charge in [0.15, 0.2) is 30.2 Å². The molecule has 2 saturated heterocycles. The lowest BCUT2D eigenvalue weighted by molar-refractivity contribution is -0.364. The first-order valence-corrected chi connectivity index (χ1v) is 14.0. The topological polar surface area (TPSA) is 225 Å². The van der Waals surface area contributed by atoms with Crippen molar-refractivity contribution in [3.8, 4) is 17.2 Å². The molecule has 0 amide bonds. The average Bonchev–Trinajstić information content (AvgIpc) is 2.99. The summed E-state index contributed by atoms with van der Waals surface area (Å²) in [7, 11) is 0. The van der Waals surface area contributed by atoms with Gasteiger partial charge in [0, 0.05) is 6.08 Å². The van der Waals surface area contributed by atoms with Gasteiger partial charge in [-0.15, -0.1) is 0 Å². The van der Waals surface area contributed by atoms with Gasteiger partial charge in [-0.2, -0.15) is 0 Å². The predicted octanol–water partition coefficient (Wildman–Crippen LogP) is -0.413. The minimum atomic E-state index is -1.73. The number of benzene rings is 2. The molecule has 2 aromatic rings. The summed E-state index contributed by atoms with van der Waals surface area (Å²) in [6.07, 6.45) is -12.1. The van der Waals surface area contributed by atoms with Crippen molar-refractivity contribution in [1.29, 1.82) is 0 Å². The fourth-order valence-corrected chi connectivity index (χ4v) is 4.83. The van der Waals surface area contributed by atoms with Crippen LogP contribution in [0, 0.1) is 6.92 Å². The molecule has 4 rings (SSSR count). The number of phenols is 3. The van der Waals surface area contributed by atoms with Gasteiger partial charge in [0.25, 0.3) is 0 Å². The van der Waals surface area contributed by atoms with E-state index in [0.29, 0.717) is 17.5 Å². The van der Waals surface area contributed by atoms with Crippen LogP contribution >= 0.6 is 0 Å². The molecule has 0 saturated carbocycles. The molecule has 4 unspecified atom stereocenters. The number of rotatable bonds is 10. The standard InChI is InChI=1S/C30H38O14/c1-14-3-4-17(11-19(14)33)9-10-40-30-28(44-29-25(38)24(37)23(36)15(2)41-29)26(39)27(21(13-31)42-30)43-22(35)8-6-16-5-7-18(32)20(34)12-16/h3-8,11-12,15,21,23-34,36-39H,9-10,13H2,1-2H3/b8-6+/t15?,21?,23-,24?,25+,26+,27-,28?,29+,30-/m1/s1. The van der Waals surface area contributed by atoms with Crippen molar-refractivity contribution in [2.45, 2.75) is 81.7 Å². The second-order valence-corrected chi connectivity index (χ2v) is 10.7. The Morgan fingerprint density at radius 2 is 1.61 bits per heavy atom. The van der Waals surface area contributed by atoms with Gasteiger partial charge in [-0.05, 0) is 61.2 Å². The SMILES string of the molecule is Cc1ccc(CCO[C@@H]2OC(CO)[C@@H](OC(=O)/C=C/c3ccc(O)c(O)c3)[C@H](O)C2O[C@@H]2OC(C)[C@@H](O)C(O)[C@@H]2O)cc1O. The van der Waals surface area contributed by atoms with Crippen molar-refractivity contribution < 1.29 is 69.3 Å². The van der Waals surface area contributed by atoms with E-state index in [4.69, 9.17) is 23.7 Å². The zero-order valence-corrected chi connectivity index (χ0v) is 24.0. The van der Waals surface area contributed by atoms with E-state index in [2.05, 4.69) is 0 Å². The minimum Gasteiger partial charge on any atom is -0.508 e. The summed E-state index contributed by atoms with van der Waals surface area (Å²) >= 11 is 0. The monoisotopic (exact) mass is 622 g/mol. The van der Waals surface area contributed by atoms with Gasteiger partial charge in [-0.1, -0.05) is 18.2 Å². The number of aliphatic hydroxyl groups excluding tert-OH is 5. The number of hydrogen-bond donors (Lipinski definition) is 8. The summed E-state index contributed by atoms with van der Waals surface area (Å²) in [5.74, 6) is -1.60. The quantitative estimate of drug-likeness (QED) is 0.0958. The van der Waals surface area contributed by atoms with Crippen molar-refractivity contribution in [3.63, 3.8) is 0 Å². The van der Waals surface area contributed by atoms with Gasteiger partial charge < -0.3 is 64.5 Å². The maximum atomic E-state index is 12.7. The van der Waals surface area contributed by atoms with E-state index in [-0.39, 0.29) is 18.1 Å². The van der Waals surface area contributed by atoms with Crippen molar-refractivity contribution in [2.24, 2.45) is 0 Å². The normalized spacial score (nSPS) is 32.5. The molecule has 44 heavy (non-hydrogen) atoms.